The highest BCUT2D eigenvalue weighted by Gasteiger charge is 2.14. The first kappa shape index (κ1) is 16.4. The minimum Gasteiger partial charge on any atom is -1.00 e. The van der Waals surface area contributed by atoms with Crippen molar-refractivity contribution in [2.45, 2.75) is 25.5 Å². The largest absolute Gasteiger partial charge is 1.00 e. The average molecular weight is 327 g/mol. The summed E-state index contributed by atoms with van der Waals surface area (Å²) in [5.41, 5.74) is 1.04. The molecule has 1 saturated heterocycles. The summed E-state index contributed by atoms with van der Waals surface area (Å²) in [6.07, 6.45) is 2.69. The lowest BCUT2D eigenvalue weighted by Gasteiger charge is -2.09. The normalized spacial score (nSPS) is 17.7. The minimum absolute atomic E-state index is 0. The Morgan fingerprint density at radius 3 is 2.67 bits per heavy atom. The highest BCUT2D eigenvalue weighted by atomic mass is 35.5. The van der Waals surface area contributed by atoms with E-state index < -0.39 is 0 Å². The first-order valence-electron chi connectivity index (χ1n) is 6.98. The topological polar surface area (TPSA) is 34.4 Å². The fraction of sp³-hybridized carbons (Fsp3) is 0.375. The monoisotopic (exact) mass is 326 g/mol. The van der Waals surface area contributed by atoms with E-state index in [-0.39, 0.29) is 12.4 Å². The lowest BCUT2D eigenvalue weighted by molar-refractivity contribution is -0.00000590. The lowest BCUT2D eigenvalue weighted by Crippen LogP contribution is -3.00. The summed E-state index contributed by atoms with van der Waals surface area (Å²) in [4.78, 5) is 0. The highest BCUT2D eigenvalue weighted by Crippen LogP contribution is 2.23. The van der Waals surface area contributed by atoms with Crippen LogP contribution in [0.15, 0.2) is 40.8 Å². The smallest absolute Gasteiger partial charge is 0.134 e. The molecule has 1 N–H and O–H groups in total. The maximum absolute atomic E-state index is 5.88. The van der Waals surface area contributed by atoms with Gasteiger partial charge < -0.3 is 26.9 Å². The summed E-state index contributed by atoms with van der Waals surface area (Å²) in [6, 6.07) is 11.7. The van der Waals surface area contributed by atoms with Gasteiger partial charge in [0.1, 0.15) is 11.5 Å². The van der Waals surface area contributed by atoms with Crippen LogP contribution in [0, 0.1) is 0 Å². The maximum atomic E-state index is 5.88. The molecular formula is C16H18Cl2NO2-. The molecule has 1 atom stereocenters. The molecule has 5 heteroatoms. The Kier molecular flexibility index (Phi) is 6.12. The molecule has 21 heavy (non-hydrogen) atoms. The maximum Gasteiger partial charge on any atom is 0.134 e. The SMILES string of the molecule is Clc1ccc(-c2ccc(CNCC3CCCO3)o2)cc1.[Cl-]. The number of hydrogen-bond donors (Lipinski definition) is 1. The predicted octanol–water partition coefficient (Wildman–Crippen LogP) is 0.873. The summed E-state index contributed by atoms with van der Waals surface area (Å²) in [7, 11) is 0. The number of furan rings is 1. The van der Waals surface area contributed by atoms with E-state index in [9.17, 15) is 0 Å². The second-order valence-corrected chi connectivity index (χ2v) is 5.48. The third kappa shape index (κ3) is 4.48. The van der Waals surface area contributed by atoms with Gasteiger partial charge in [0.15, 0.2) is 0 Å². The second kappa shape index (κ2) is 7.85. The summed E-state index contributed by atoms with van der Waals surface area (Å²) in [5, 5.41) is 4.11. The predicted molar refractivity (Wildman–Crippen MR) is 79.8 cm³/mol. The molecule has 3 nitrogen and oxygen atoms in total. The molecule has 0 amide bonds. The molecule has 3 rings (SSSR count). The molecule has 2 aromatic rings. The Morgan fingerprint density at radius 2 is 1.95 bits per heavy atom. The number of ether oxygens (including phenoxy) is 1. The van der Waals surface area contributed by atoms with Crippen LogP contribution in [0.1, 0.15) is 18.6 Å². The van der Waals surface area contributed by atoms with Gasteiger partial charge in [-0.05, 0) is 49.2 Å². The van der Waals surface area contributed by atoms with Crippen LogP contribution in [0.2, 0.25) is 5.02 Å². The second-order valence-electron chi connectivity index (χ2n) is 5.04. The molecule has 0 aliphatic carbocycles. The third-order valence-electron chi connectivity index (χ3n) is 3.49. The molecule has 1 unspecified atom stereocenters. The zero-order valence-electron chi connectivity index (χ0n) is 11.6. The van der Waals surface area contributed by atoms with E-state index >= 15 is 0 Å². The molecule has 0 saturated carbocycles. The molecule has 1 fully saturated rings. The van der Waals surface area contributed by atoms with Crippen molar-refractivity contribution in [2.75, 3.05) is 13.2 Å². The van der Waals surface area contributed by atoms with Crippen LogP contribution >= 0.6 is 11.6 Å². The van der Waals surface area contributed by atoms with Gasteiger partial charge in [-0.15, -0.1) is 0 Å². The molecular weight excluding hydrogens is 309 g/mol. The first-order valence-corrected chi connectivity index (χ1v) is 7.36. The molecule has 2 heterocycles. The van der Waals surface area contributed by atoms with E-state index in [1.54, 1.807) is 0 Å². The molecule has 1 aliphatic heterocycles. The van der Waals surface area contributed by atoms with Gasteiger partial charge in [-0.25, -0.2) is 0 Å². The van der Waals surface area contributed by atoms with Gasteiger partial charge >= 0.3 is 0 Å². The Hall–Kier alpha value is -1.00. The number of hydrogen-bond acceptors (Lipinski definition) is 3. The minimum atomic E-state index is 0. The Labute approximate surface area is 136 Å². The summed E-state index contributed by atoms with van der Waals surface area (Å²) in [6.45, 7) is 2.51. The van der Waals surface area contributed by atoms with Crippen LogP contribution in [-0.2, 0) is 11.3 Å². The molecule has 0 bridgehead atoms. The standard InChI is InChI=1S/C16H18ClNO2.ClH/c17-13-5-3-12(4-6-13)16-8-7-15(20-16)11-18-10-14-2-1-9-19-14;/h3-8,14,18H,1-2,9-11H2;1H/p-1. The van der Waals surface area contributed by atoms with Crippen LogP contribution in [-0.4, -0.2) is 19.3 Å². The van der Waals surface area contributed by atoms with E-state index in [0.29, 0.717) is 6.10 Å². The van der Waals surface area contributed by atoms with Gasteiger partial charge in [-0.3, -0.25) is 0 Å². The number of nitrogens with one attached hydrogen (secondary N) is 1. The fourth-order valence-electron chi connectivity index (χ4n) is 2.40. The van der Waals surface area contributed by atoms with Crippen LogP contribution in [0.3, 0.4) is 0 Å². The van der Waals surface area contributed by atoms with Crippen molar-refractivity contribution >= 4 is 11.6 Å². The summed E-state index contributed by atoms with van der Waals surface area (Å²) < 4.78 is 11.4. The fourth-order valence-corrected chi connectivity index (χ4v) is 2.53. The van der Waals surface area contributed by atoms with E-state index in [1.165, 1.54) is 6.42 Å². The van der Waals surface area contributed by atoms with Crippen molar-refractivity contribution in [1.82, 2.24) is 5.32 Å². The van der Waals surface area contributed by atoms with E-state index in [2.05, 4.69) is 5.32 Å². The highest BCUT2D eigenvalue weighted by molar-refractivity contribution is 6.30. The number of benzene rings is 1. The summed E-state index contributed by atoms with van der Waals surface area (Å²) in [5.74, 6) is 1.81. The molecule has 114 valence electrons. The quantitative estimate of drug-likeness (QED) is 0.885. The molecule has 1 aliphatic rings. The lowest BCUT2D eigenvalue weighted by atomic mass is 10.2. The zero-order valence-corrected chi connectivity index (χ0v) is 13.2. The number of rotatable bonds is 5. The zero-order chi connectivity index (χ0) is 13.8. The number of halogens is 2. The van der Waals surface area contributed by atoms with Gasteiger partial charge in [0.05, 0.1) is 12.6 Å². The van der Waals surface area contributed by atoms with Crippen molar-refractivity contribution in [3.63, 3.8) is 0 Å². The first-order chi connectivity index (χ1) is 9.81. The van der Waals surface area contributed by atoms with Crippen LogP contribution in [0.25, 0.3) is 11.3 Å². The van der Waals surface area contributed by atoms with Crippen molar-refractivity contribution in [2.24, 2.45) is 0 Å². The van der Waals surface area contributed by atoms with Gasteiger partial charge in [0.2, 0.25) is 0 Å². The molecule has 1 aromatic heterocycles. The van der Waals surface area contributed by atoms with Crippen LogP contribution < -0.4 is 17.7 Å². The van der Waals surface area contributed by atoms with E-state index in [1.807, 2.05) is 36.4 Å². The average Bonchev–Trinajstić information content (AvgIpc) is 3.11. The van der Waals surface area contributed by atoms with Gasteiger partial charge in [-0.2, -0.15) is 0 Å². The van der Waals surface area contributed by atoms with Crippen molar-refractivity contribution in [1.29, 1.82) is 0 Å². The van der Waals surface area contributed by atoms with Crippen LogP contribution in [0.5, 0.6) is 0 Å². The van der Waals surface area contributed by atoms with Gasteiger partial charge in [0.25, 0.3) is 0 Å². The Morgan fingerprint density at radius 1 is 1.14 bits per heavy atom. The van der Waals surface area contributed by atoms with Gasteiger partial charge in [0, 0.05) is 23.7 Å². The summed E-state index contributed by atoms with van der Waals surface area (Å²) >= 11 is 5.88. The molecule has 0 spiro atoms. The van der Waals surface area contributed by atoms with E-state index in [0.717, 1.165) is 48.2 Å². The molecule has 1 aromatic carbocycles. The van der Waals surface area contributed by atoms with Crippen molar-refractivity contribution < 1.29 is 21.6 Å². The Balaban J connectivity index is 0.00000161. The van der Waals surface area contributed by atoms with Gasteiger partial charge in [-0.1, -0.05) is 11.6 Å². The van der Waals surface area contributed by atoms with Crippen molar-refractivity contribution in [3.05, 3.63) is 47.2 Å². The van der Waals surface area contributed by atoms with Crippen molar-refractivity contribution in [3.8, 4) is 11.3 Å². The Bertz CT molecular complexity index is 548. The van der Waals surface area contributed by atoms with Crippen LogP contribution in [0.4, 0.5) is 0 Å². The van der Waals surface area contributed by atoms with E-state index in [4.69, 9.17) is 20.8 Å². The molecule has 0 radical (unpaired) electrons. The third-order valence-corrected chi connectivity index (χ3v) is 3.74.